The van der Waals surface area contributed by atoms with E-state index in [2.05, 4.69) is 5.32 Å². The first-order valence-electron chi connectivity index (χ1n) is 6.27. The van der Waals surface area contributed by atoms with Gasteiger partial charge in [-0.3, -0.25) is 9.59 Å². The fourth-order valence-corrected chi connectivity index (χ4v) is 1.88. The van der Waals surface area contributed by atoms with Crippen molar-refractivity contribution in [2.45, 2.75) is 43.6 Å². The van der Waals surface area contributed by atoms with Crippen molar-refractivity contribution in [3.63, 3.8) is 0 Å². The predicted octanol–water partition coefficient (Wildman–Crippen LogP) is -3.64. The molecule has 0 radical (unpaired) electrons. The van der Waals surface area contributed by atoms with Crippen LogP contribution in [-0.4, -0.2) is 82.2 Å². The number of amides is 1. The molecule has 0 aromatic carbocycles. The molecule has 1 amide bonds. The van der Waals surface area contributed by atoms with Gasteiger partial charge in [-0.1, -0.05) is 0 Å². The molecule has 1 heterocycles. The van der Waals surface area contributed by atoms with E-state index in [1.165, 1.54) is 6.92 Å². The fourth-order valence-electron chi connectivity index (χ4n) is 1.88. The Labute approximate surface area is 120 Å². The molecular formula is C11H20N2O8. The molecule has 21 heavy (non-hydrogen) atoms. The van der Waals surface area contributed by atoms with Crippen LogP contribution in [0, 0.1) is 0 Å². The number of hydrogen-bond donors (Lipinski definition) is 6. The van der Waals surface area contributed by atoms with Gasteiger partial charge in [0.05, 0.1) is 13.2 Å². The van der Waals surface area contributed by atoms with E-state index in [0.29, 0.717) is 0 Å². The fraction of sp³-hybridized carbons (Fsp3) is 0.818. The molecular weight excluding hydrogens is 288 g/mol. The van der Waals surface area contributed by atoms with Gasteiger partial charge in [0.25, 0.3) is 0 Å². The van der Waals surface area contributed by atoms with Crippen LogP contribution in [0.1, 0.15) is 6.92 Å². The maximum Gasteiger partial charge on any atom is 0.322 e. The first-order chi connectivity index (χ1) is 9.77. The van der Waals surface area contributed by atoms with Gasteiger partial charge in [-0.25, -0.2) is 0 Å². The smallest absolute Gasteiger partial charge is 0.322 e. The molecule has 1 saturated heterocycles. The average Bonchev–Trinajstić information content (AvgIpc) is 2.42. The standard InChI is InChI=1S/C11H20N2O8/c1-4(15)13-7-9(17)8(16)6(2-14)21-11(7)20-3-5(12)10(18)19/h5-9,11,14,16-17H,2-3,12H2,1H3,(H,13,15)(H,18,19)/t5?,6-,7-,8-,9-,11?/m0/s1. The van der Waals surface area contributed by atoms with Crippen LogP contribution in [0.3, 0.4) is 0 Å². The third-order valence-corrected chi connectivity index (χ3v) is 3.01. The van der Waals surface area contributed by atoms with Gasteiger partial charge < -0.3 is 41.0 Å². The molecule has 0 spiro atoms. The van der Waals surface area contributed by atoms with Crippen LogP contribution in [0.2, 0.25) is 0 Å². The van der Waals surface area contributed by atoms with Crippen molar-refractivity contribution in [1.82, 2.24) is 5.32 Å². The quantitative estimate of drug-likeness (QED) is 0.289. The van der Waals surface area contributed by atoms with Crippen molar-refractivity contribution in [3.05, 3.63) is 0 Å². The highest BCUT2D eigenvalue weighted by molar-refractivity contribution is 5.73. The lowest BCUT2D eigenvalue weighted by atomic mass is 9.97. The SMILES string of the molecule is CC(=O)N[C@@H]1C(OCC(N)C(=O)O)O[C@@H](CO)[C@H](O)[C@H]1O. The number of carboxylic acid groups (broad SMARTS) is 1. The van der Waals surface area contributed by atoms with Crippen molar-refractivity contribution in [1.29, 1.82) is 0 Å². The van der Waals surface area contributed by atoms with Crippen LogP contribution in [0.15, 0.2) is 0 Å². The Morgan fingerprint density at radius 1 is 1.38 bits per heavy atom. The van der Waals surface area contributed by atoms with Crippen molar-refractivity contribution >= 4 is 11.9 Å². The summed E-state index contributed by atoms with van der Waals surface area (Å²) in [5.41, 5.74) is 5.28. The lowest BCUT2D eigenvalue weighted by Gasteiger charge is -2.42. The molecule has 1 aliphatic rings. The Morgan fingerprint density at radius 3 is 2.48 bits per heavy atom. The van der Waals surface area contributed by atoms with E-state index in [-0.39, 0.29) is 0 Å². The van der Waals surface area contributed by atoms with Crippen LogP contribution >= 0.6 is 0 Å². The highest BCUT2D eigenvalue weighted by Gasteiger charge is 2.45. The zero-order valence-electron chi connectivity index (χ0n) is 11.4. The summed E-state index contributed by atoms with van der Waals surface area (Å²) in [5, 5.41) is 39.8. The van der Waals surface area contributed by atoms with Gasteiger partial charge in [0.15, 0.2) is 6.29 Å². The van der Waals surface area contributed by atoms with E-state index in [1.807, 2.05) is 0 Å². The third kappa shape index (κ3) is 4.59. The van der Waals surface area contributed by atoms with Crippen molar-refractivity contribution in [2.24, 2.45) is 5.73 Å². The van der Waals surface area contributed by atoms with Gasteiger partial charge in [-0.05, 0) is 0 Å². The number of carbonyl (C=O) groups excluding carboxylic acids is 1. The second-order valence-electron chi connectivity index (χ2n) is 4.71. The molecule has 0 saturated carbocycles. The molecule has 0 aromatic rings. The van der Waals surface area contributed by atoms with Gasteiger partial charge in [0, 0.05) is 6.92 Å². The van der Waals surface area contributed by atoms with Gasteiger partial charge in [0.2, 0.25) is 5.91 Å². The number of aliphatic carboxylic acids is 1. The minimum atomic E-state index is -1.45. The molecule has 7 N–H and O–H groups in total. The number of rotatable bonds is 6. The van der Waals surface area contributed by atoms with E-state index in [0.717, 1.165) is 0 Å². The van der Waals surface area contributed by atoms with Crippen LogP contribution < -0.4 is 11.1 Å². The third-order valence-electron chi connectivity index (χ3n) is 3.01. The zero-order valence-corrected chi connectivity index (χ0v) is 11.4. The maximum absolute atomic E-state index is 11.1. The molecule has 1 fully saturated rings. The van der Waals surface area contributed by atoms with E-state index in [4.69, 9.17) is 25.4 Å². The van der Waals surface area contributed by atoms with Crippen LogP contribution in [-0.2, 0) is 19.1 Å². The lowest BCUT2D eigenvalue weighted by molar-refractivity contribution is -0.270. The number of ether oxygens (including phenoxy) is 2. The van der Waals surface area contributed by atoms with E-state index in [9.17, 15) is 19.8 Å². The maximum atomic E-state index is 11.1. The summed E-state index contributed by atoms with van der Waals surface area (Å²) >= 11 is 0. The van der Waals surface area contributed by atoms with Crippen molar-refractivity contribution in [2.75, 3.05) is 13.2 Å². The molecule has 0 aromatic heterocycles. The minimum absolute atomic E-state index is 0.433. The van der Waals surface area contributed by atoms with Crippen LogP contribution in [0.25, 0.3) is 0 Å². The predicted molar refractivity (Wildman–Crippen MR) is 66.9 cm³/mol. The van der Waals surface area contributed by atoms with E-state index >= 15 is 0 Å². The summed E-state index contributed by atoms with van der Waals surface area (Å²) in [6.45, 7) is 0.171. The summed E-state index contributed by atoms with van der Waals surface area (Å²) in [7, 11) is 0. The van der Waals surface area contributed by atoms with Crippen molar-refractivity contribution in [3.8, 4) is 0 Å². The lowest BCUT2D eigenvalue weighted by Crippen LogP contribution is -2.64. The summed E-state index contributed by atoms with van der Waals surface area (Å²) in [4.78, 5) is 21.7. The van der Waals surface area contributed by atoms with Crippen molar-refractivity contribution < 1.29 is 39.5 Å². The second-order valence-corrected chi connectivity index (χ2v) is 4.71. The topological polar surface area (TPSA) is 172 Å². The summed E-state index contributed by atoms with van der Waals surface area (Å²) in [6, 6.07) is -2.44. The highest BCUT2D eigenvalue weighted by atomic mass is 16.7. The molecule has 0 aliphatic carbocycles. The molecule has 6 atom stereocenters. The summed E-state index contributed by atoms with van der Waals surface area (Å²) in [5.74, 6) is -1.80. The number of nitrogens with one attached hydrogen (secondary N) is 1. The molecule has 1 rings (SSSR count). The van der Waals surface area contributed by atoms with Gasteiger partial charge >= 0.3 is 5.97 Å². The normalized spacial score (nSPS) is 34.2. The number of aliphatic hydroxyl groups is 3. The second kappa shape index (κ2) is 7.64. The summed E-state index contributed by atoms with van der Waals surface area (Å²) < 4.78 is 10.4. The van der Waals surface area contributed by atoms with E-state index < -0.39 is 61.8 Å². The van der Waals surface area contributed by atoms with Crippen LogP contribution in [0.5, 0.6) is 0 Å². The first-order valence-corrected chi connectivity index (χ1v) is 6.27. The van der Waals surface area contributed by atoms with Gasteiger partial charge in [-0.2, -0.15) is 0 Å². The Balaban J connectivity index is 2.78. The molecule has 10 nitrogen and oxygen atoms in total. The van der Waals surface area contributed by atoms with Gasteiger partial charge in [-0.15, -0.1) is 0 Å². The molecule has 2 unspecified atom stereocenters. The number of carboxylic acids is 1. The number of nitrogens with two attached hydrogens (primary N) is 1. The number of carbonyl (C=O) groups is 2. The Bertz CT molecular complexity index is 379. The molecule has 0 bridgehead atoms. The zero-order chi connectivity index (χ0) is 16.2. The largest absolute Gasteiger partial charge is 0.480 e. The highest BCUT2D eigenvalue weighted by Crippen LogP contribution is 2.22. The van der Waals surface area contributed by atoms with Gasteiger partial charge in [0.1, 0.15) is 30.4 Å². The number of aliphatic hydroxyl groups excluding tert-OH is 3. The summed E-state index contributed by atoms with van der Waals surface area (Å²) in [6.07, 6.45) is -5.27. The monoisotopic (exact) mass is 308 g/mol. The minimum Gasteiger partial charge on any atom is -0.480 e. The Hall–Kier alpha value is -1.30. The molecule has 1 aliphatic heterocycles. The number of hydrogen-bond acceptors (Lipinski definition) is 8. The van der Waals surface area contributed by atoms with Crippen LogP contribution in [0.4, 0.5) is 0 Å². The Morgan fingerprint density at radius 2 is 2.00 bits per heavy atom. The first kappa shape index (κ1) is 17.8. The molecule has 122 valence electrons. The average molecular weight is 308 g/mol. The molecule has 10 heteroatoms. The Kier molecular flexibility index (Phi) is 6.45. The van der Waals surface area contributed by atoms with E-state index in [1.54, 1.807) is 0 Å².